The van der Waals surface area contributed by atoms with Crippen molar-refractivity contribution in [1.29, 1.82) is 0 Å². The minimum atomic E-state index is -0.475. The number of halogens is 1. The summed E-state index contributed by atoms with van der Waals surface area (Å²) in [5.41, 5.74) is 0.102. The lowest BCUT2D eigenvalue weighted by Crippen LogP contribution is -2.35. The molecule has 1 saturated carbocycles. The van der Waals surface area contributed by atoms with Crippen LogP contribution < -0.4 is 0 Å². The molecular weight excluding hydrogens is 249 g/mol. The summed E-state index contributed by atoms with van der Waals surface area (Å²) in [7, 11) is 0. The fourth-order valence-electron chi connectivity index (χ4n) is 2.22. The number of nitrogens with zero attached hydrogens (tertiary/aromatic N) is 1. The standard InChI is InChI=1S/C14H14FNO3/c15-11-3-1-2-9-8-12(19-13(9)11)14(18)16(6-7-17)10-4-5-10/h1-3,8,10,17H,4-7H2. The fourth-order valence-corrected chi connectivity index (χ4v) is 2.22. The number of fused-ring (bicyclic) bond motifs is 1. The Morgan fingerprint density at radius 2 is 2.26 bits per heavy atom. The van der Waals surface area contributed by atoms with Crippen molar-refractivity contribution < 1.29 is 18.7 Å². The smallest absolute Gasteiger partial charge is 0.289 e. The number of amides is 1. The molecule has 2 aromatic rings. The second kappa shape index (κ2) is 4.66. The van der Waals surface area contributed by atoms with Gasteiger partial charge in [-0.2, -0.15) is 0 Å². The first-order valence-electron chi connectivity index (χ1n) is 6.30. The third-order valence-corrected chi connectivity index (χ3v) is 3.30. The van der Waals surface area contributed by atoms with E-state index in [1.807, 2.05) is 0 Å². The van der Waals surface area contributed by atoms with Crippen LogP contribution in [0.25, 0.3) is 11.0 Å². The first kappa shape index (κ1) is 12.2. The molecule has 0 saturated heterocycles. The van der Waals surface area contributed by atoms with Crippen LogP contribution in [0.15, 0.2) is 28.7 Å². The van der Waals surface area contributed by atoms with Crippen LogP contribution in [0.1, 0.15) is 23.4 Å². The molecule has 4 nitrogen and oxygen atoms in total. The lowest BCUT2D eigenvalue weighted by molar-refractivity contribution is 0.0678. The maximum Gasteiger partial charge on any atom is 0.289 e. The minimum absolute atomic E-state index is 0.0865. The van der Waals surface area contributed by atoms with Crippen molar-refractivity contribution in [2.24, 2.45) is 0 Å². The Kier molecular flexibility index (Phi) is 2.98. The zero-order chi connectivity index (χ0) is 13.4. The maximum atomic E-state index is 13.5. The van der Waals surface area contributed by atoms with Gasteiger partial charge < -0.3 is 14.4 Å². The van der Waals surface area contributed by atoms with Gasteiger partial charge in [-0.3, -0.25) is 4.79 Å². The Morgan fingerprint density at radius 1 is 1.47 bits per heavy atom. The molecule has 0 spiro atoms. The highest BCUT2D eigenvalue weighted by Gasteiger charge is 2.34. The highest BCUT2D eigenvalue weighted by molar-refractivity contribution is 5.96. The molecule has 0 radical (unpaired) electrons. The highest BCUT2D eigenvalue weighted by atomic mass is 19.1. The van der Waals surface area contributed by atoms with Crippen LogP contribution in [0.4, 0.5) is 4.39 Å². The van der Waals surface area contributed by atoms with Gasteiger partial charge in [-0.15, -0.1) is 0 Å². The van der Waals surface area contributed by atoms with Gasteiger partial charge in [0.2, 0.25) is 0 Å². The molecule has 1 heterocycles. The van der Waals surface area contributed by atoms with Gasteiger partial charge in [0.1, 0.15) is 0 Å². The third kappa shape index (κ3) is 2.21. The lowest BCUT2D eigenvalue weighted by Gasteiger charge is -2.19. The van der Waals surface area contributed by atoms with Crippen LogP contribution in [0.5, 0.6) is 0 Å². The van der Waals surface area contributed by atoms with E-state index in [9.17, 15) is 9.18 Å². The van der Waals surface area contributed by atoms with E-state index in [0.717, 1.165) is 12.8 Å². The monoisotopic (exact) mass is 263 g/mol. The van der Waals surface area contributed by atoms with Crippen LogP contribution in [-0.2, 0) is 0 Å². The van der Waals surface area contributed by atoms with Crippen molar-refractivity contribution in [3.63, 3.8) is 0 Å². The molecule has 0 aliphatic heterocycles. The second-order valence-electron chi connectivity index (χ2n) is 4.72. The number of rotatable bonds is 4. The van der Waals surface area contributed by atoms with Gasteiger partial charge in [0.05, 0.1) is 6.61 Å². The number of hydrogen-bond acceptors (Lipinski definition) is 3. The first-order chi connectivity index (χ1) is 9.20. The predicted octanol–water partition coefficient (Wildman–Crippen LogP) is 2.17. The molecular formula is C14H14FNO3. The van der Waals surface area contributed by atoms with E-state index in [2.05, 4.69) is 0 Å². The molecule has 1 N–H and O–H groups in total. The summed E-state index contributed by atoms with van der Waals surface area (Å²) in [4.78, 5) is 13.9. The summed E-state index contributed by atoms with van der Waals surface area (Å²) in [5.74, 6) is -0.635. The summed E-state index contributed by atoms with van der Waals surface area (Å²) in [6.45, 7) is 0.194. The normalized spacial score (nSPS) is 14.8. The van der Waals surface area contributed by atoms with Crippen molar-refractivity contribution in [3.8, 4) is 0 Å². The summed E-state index contributed by atoms with van der Waals surface area (Å²) in [6, 6.07) is 6.30. The number of furan rings is 1. The zero-order valence-electron chi connectivity index (χ0n) is 10.3. The van der Waals surface area contributed by atoms with Crippen molar-refractivity contribution >= 4 is 16.9 Å². The number of aliphatic hydroxyl groups is 1. The molecule has 0 bridgehead atoms. The van der Waals surface area contributed by atoms with Crippen LogP contribution in [-0.4, -0.2) is 35.1 Å². The molecule has 1 amide bonds. The Hall–Kier alpha value is -1.88. The van der Waals surface area contributed by atoms with E-state index in [1.165, 1.54) is 6.07 Å². The molecule has 0 atom stereocenters. The molecule has 3 rings (SSSR count). The Balaban J connectivity index is 1.94. The highest BCUT2D eigenvalue weighted by Crippen LogP contribution is 2.29. The lowest BCUT2D eigenvalue weighted by atomic mass is 10.2. The van der Waals surface area contributed by atoms with Crippen molar-refractivity contribution in [2.45, 2.75) is 18.9 Å². The zero-order valence-corrected chi connectivity index (χ0v) is 10.3. The maximum absolute atomic E-state index is 13.5. The molecule has 1 aliphatic rings. The van der Waals surface area contributed by atoms with E-state index in [1.54, 1.807) is 23.1 Å². The van der Waals surface area contributed by atoms with Crippen LogP contribution in [0.2, 0.25) is 0 Å². The number of para-hydroxylation sites is 1. The summed E-state index contributed by atoms with van der Waals surface area (Å²) >= 11 is 0. The number of carbonyl (C=O) groups is 1. The van der Waals surface area contributed by atoms with Gasteiger partial charge in [0.25, 0.3) is 5.91 Å². The van der Waals surface area contributed by atoms with E-state index < -0.39 is 5.82 Å². The SMILES string of the molecule is O=C(c1cc2cccc(F)c2o1)N(CCO)C1CC1. The minimum Gasteiger partial charge on any atom is -0.448 e. The van der Waals surface area contributed by atoms with Gasteiger partial charge in [-0.25, -0.2) is 4.39 Å². The molecule has 1 aliphatic carbocycles. The topological polar surface area (TPSA) is 53.7 Å². The molecule has 1 aromatic heterocycles. The van der Waals surface area contributed by atoms with E-state index >= 15 is 0 Å². The van der Waals surface area contributed by atoms with Gasteiger partial charge in [0.15, 0.2) is 17.2 Å². The number of benzene rings is 1. The van der Waals surface area contributed by atoms with Gasteiger partial charge >= 0.3 is 0 Å². The number of hydrogen-bond donors (Lipinski definition) is 1. The predicted molar refractivity (Wildman–Crippen MR) is 67.3 cm³/mol. The van der Waals surface area contributed by atoms with E-state index in [0.29, 0.717) is 5.39 Å². The van der Waals surface area contributed by atoms with Crippen molar-refractivity contribution in [2.75, 3.05) is 13.2 Å². The number of aliphatic hydroxyl groups excluding tert-OH is 1. The summed E-state index contributed by atoms with van der Waals surface area (Å²) < 4.78 is 18.8. The summed E-state index contributed by atoms with van der Waals surface area (Å²) in [5, 5.41) is 9.58. The van der Waals surface area contributed by atoms with E-state index in [4.69, 9.17) is 9.52 Å². The average Bonchev–Trinajstić information content (AvgIpc) is 3.14. The van der Waals surface area contributed by atoms with Crippen LogP contribution in [0.3, 0.4) is 0 Å². The Morgan fingerprint density at radius 3 is 2.89 bits per heavy atom. The van der Waals surface area contributed by atoms with Crippen LogP contribution >= 0.6 is 0 Å². The van der Waals surface area contributed by atoms with Gasteiger partial charge in [-0.1, -0.05) is 12.1 Å². The number of carbonyl (C=O) groups excluding carboxylic acids is 1. The molecule has 100 valence electrons. The Bertz CT molecular complexity index is 618. The summed E-state index contributed by atoms with van der Waals surface area (Å²) in [6.07, 6.45) is 1.89. The fraction of sp³-hybridized carbons (Fsp3) is 0.357. The van der Waals surface area contributed by atoms with Crippen molar-refractivity contribution in [3.05, 3.63) is 35.8 Å². The quantitative estimate of drug-likeness (QED) is 0.919. The van der Waals surface area contributed by atoms with Crippen molar-refractivity contribution in [1.82, 2.24) is 4.90 Å². The molecule has 5 heteroatoms. The molecule has 1 aromatic carbocycles. The van der Waals surface area contributed by atoms with Gasteiger partial charge in [-0.05, 0) is 25.0 Å². The average molecular weight is 263 g/mol. The third-order valence-electron chi connectivity index (χ3n) is 3.30. The van der Waals surface area contributed by atoms with E-state index in [-0.39, 0.29) is 36.4 Å². The first-order valence-corrected chi connectivity index (χ1v) is 6.30. The largest absolute Gasteiger partial charge is 0.448 e. The molecule has 0 unspecified atom stereocenters. The van der Waals surface area contributed by atoms with Gasteiger partial charge in [0, 0.05) is 18.0 Å². The second-order valence-corrected chi connectivity index (χ2v) is 4.72. The van der Waals surface area contributed by atoms with Crippen LogP contribution in [0, 0.1) is 5.82 Å². The molecule has 19 heavy (non-hydrogen) atoms. The Labute approximate surface area is 109 Å². The molecule has 1 fully saturated rings.